The number of ketones is 1. The molecule has 0 aromatic heterocycles. The first kappa shape index (κ1) is 14.0. The van der Waals surface area contributed by atoms with E-state index >= 15 is 0 Å². The maximum atomic E-state index is 11.5. The third-order valence-corrected chi connectivity index (χ3v) is 2.22. The van der Waals surface area contributed by atoms with Crippen LogP contribution >= 0.6 is 0 Å². The summed E-state index contributed by atoms with van der Waals surface area (Å²) in [5.74, 6) is 0.274. The molecule has 0 amide bonds. The van der Waals surface area contributed by atoms with Crippen molar-refractivity contribution in [3.05, 3.63) is 23.8 Å². The van der Waals surface area contributed by atoms with Crippen molar-refractivity contribution in [1.82, 2.24) is 0 Å². The lowest BCUT2D eigenvalue weighted by Gasteiger charge is -2.10. The predicted molar refractivity (Wildman–Crippen MR) is 65.1 cm³/mol. The number of esters is 1. The number of ether oxygens (including phenoxy) is 3. The molecule has 0 spiro atoms. The van der Waals surface area contributed by atoms with Crippen molar-refractivity contribution in [2.75, 3.05) is 20.3 Å². The van der Waals surface area contributed by atoms with Crippen LogP contribution in [-0.2, 0) is 9.53 Å². The van der Waals surface area contributed by atoms with Crippen molar-refractivity contribution in [2.24, 2.45) is 0 Å². The van der Waals surface area contributed by atoms with Crippen LogP contribution in [0.25, 0.3) is 0 Å². The lowest BCUT2D eigenvalue weighted by molar-refractivity contribution is -0.145. The van der Waals surface area contributed by atoms with E-state index in [4.69, 9.17) is 14.2 Å². The van der Waals surface area contributed by atoms with Crippen molar-refractivity contribution in [3.8, 4) is 11.5 Å². The van der Waals surface area contributed by atoms with Gasteiger partial charge in [0.25, 0.3) is 0 Å². The van der Waals surface area contributed by atoms with Crippen LogP contribution in [0.1, 0.15) is 24.2 Å². The molecule has 1 aromatic rings. The summed E-state index contributed by atoms with van der Waals surface area (Å²) < 4.78 is 15.0. The highest BCUT2D eigenvalue weighted by Crippen LogP contribution is 2.24. The highest BCUT2D eigenvalue weighted by atomic mass is 16.6. The molecule has 0 bridgehead atoms. The number of carbonyl (C=O) groups is 2. The molecular formula is C13H16O5. The Labute approximate surface area is 106 Å². The van der Waals surface area contributed by atoms with E-state index in [9.17, 15) is 9.59 Å². The number of benzene rings is 1. The number of Topliss-reactive ketones (excluding diaryl/α,β-unsaturated/α-hetero) is 1. The lowest BCUT2D eigenvalue weighted by atomic mass is 10.1. The molecule has 1 rings (SSSR count). The molecule has 18 heavy (non-hydrogen) atoms. The van der Waals surface area contributed by atoms with Gasteiger partial charge in [-0.25, -0.2) is 4.79 Å². The molecule has 5 nitrogen and oxygen atoms in total. The summed E-state index contributed by atoms with van der Waals surface area (Å²) in [6, 6.07) is 4.82. The third kappa shape index (κ3) is 3.76. The van der Waals surface area contributed by atoms with E-state index in [1.165, 1.54) is 14.0 Å². The Balaban J connectivity index is 2.81. The monoisotopic (exact) mass is 252 g/mol. The van der Waals surface area contributed by atoms with Gasteiger partial charge < -0.3 is 14.2 Å². The summed E-state index contributed by atoms with van der Waals surface area (Å²) in [6.45, 7) is 3.21. The second-order valence-corrected chi connectivity index (χ2v) is 3.51. The molecule has 0 aliphatic carbocycles. The number of hydrogen-bond donors (Lipinski definition) is 0. The molecule has 0 fully saturated rings. The van der Waals surface area contributed by atoms with Gasteiger partial charge in [0.15, 0.2) is 12.4 Å². The van der Waals surface area contributed by atoms with E-state index in [-0.39, 0.29) is 12.4 Å². The summed E-state index contributed by atoms with van der Waals surface area (Å²) >= 11 is 0. The van der Waals surface area contributed by atoms with Gasteiger partial charge in [-0.3, -0.25) is 4.79 Å². The van der Waals surface area contributed by atoms with E-state index in [1.807, 2.05) is 0 Å². The third-order valence-electron chi connectivity index (χ3n) is 2.22. The fraction of sp³-hybridized carbons (Fsp3) is 0.385. The topological polar surface area (TPSA) is 61.8 Å². The fourth-order valence-electron chi connectivity index (χ4n) is 1.38. The Morgan fingerprint density at radius 3 is 2.56 bits per heavy atom. The highest BCUT2D eigenvalue weighted by Gasteiger charge is 2.12. The summed E-state index contributed by atoms with van der Waals surface area (Å²) in [6.07, 6.45) is 0. The van der Waals surface area contributed by atoms with E-state index < -0.39 is 5.97 Å². The van der Waals surface area contributed by atoms with E-state index in [0.29, 0.717) is 23.7 Å². The average molecular weight is 252 g/mol. The van der Waals surface area contributed by atoms with E-state index in [2.05, 4.69) is 0 Å². The zero-order chi connectivity index (χ0) is 13.5. The molecule has 0 saturated heterocycles. The van der Waals surface area contributed by atoms with Crippen molar-refractivity contribution >= 4 is 11.8 Å². The van der Waals surface area contributed by atoms with Gasteiger partial charge in [-0.2, -0.15) is 0 Å². The molecule has 0 saturated carbocycles. The second-order valence-electron chi connectivity index (χ2n) is 3.51. The SMILES string of the molecule is CCOC(=O)COc1ccc(OC)cc1C(C)=O. The van der Waals surface area contributed by atoms with E-state index in [0.717, 1.165) is 0 Å². The second kappa shape index (κ2) is 6.64. The molecule has 5 heteroatoms. The van der Waals surface area contributed by atoms with Crippen LogP contribution in [0.15, 0.2) is 18.2 Å². The molecule has 0 radical (unpaired) electrons. The van der Waals surface area contributed by atoms with Crippen molar-refractivity contribution in [2.45, 2.75) is 13.8 Å². The Morgan fingerprint density at radius 1 is 1.28 bits per heavy atom. The minimum absolute atomic E-state index is 0.159. The maximum absolute atomic E-state index is 11.5. The molecule has 0 aliphatic rings. The molecule has 0 N–H and O–H groups in total. The molecule has 1 aromatic carbocycles. The normalized spacial score (nSPS) is 9.72. The lowest BCUT2D eigenvalue weighted by Crippen LogP contribution is -2.15. The first-order chi connectivity index (χ1) is 8.58. The summed E-state index contributed by atoms with van der Waals surface area (Å²) in [4.78, 5) is 22.6. The van der Waals surface area contributed by atoms with Gasteiger partial charge in [0.05, 0.1) is 19.3 Å². The van der Waals surface area contributed by atoms with Crippen LogP contribution in [0.3, 0.4) is 0 Å². The molecule has 98 valence electrons. The predicted octanol–water partition coefficient (Wildman–Crippen LogP) is 1.84. The van der Waals surface area contributed by atoms with Gasteiger partial charge in [0.1, 0.15) is 11.5 Å². The first-order valence-corrected chi connectivity index (χ1v) is 5.55. The minimum atomic E-state index is -0.470. The molecule has 0 aliphatic heterocycles. The molecule has 0 atom stereocenters. The Hall–Kier alpha value is -2.04. The smallest absolute Gasteiger partial charge is 0.344 e. The quantitative estimate of drug-likeness (QED) is 0.571. The van der Waals surface area contributed by atoms with Gasteiger partial charge >= 0.3 is 5.97 Å². The van der Waals surface area contributed by atoms with Crippen LogP contribution in [0.5, 0.6) is 11.5 Å². The van der Waals surface area contributed by atoms with Crippen LogP contribution in [0.2, 0.25) is 0 Å². The van der Waals surface area contributed by atoms with Crippen LogP contribution in [0.4, 0.5) is 0 Å². The van der Waals surface area contributed by atoms with Gasteiger partial charge in [0, 0.05) is 0 Å². The first-order valence-electron chi connectivity index (χ1n) is 5.55. The van der Waals surface area contributed by atoms with Crippen molar-refractivity contribution in [3.63, 3.8) is 0 Å². The molecule has 0 unspecified atom stereocenters. The van der Waals surface area contributed by atoms with Gasteiger partial charge in [-0.15, -0.1) is 0 Å². The van der Waals surface area contributed by atoms with Crippen LogP contribution in [-0.4, -0.2) is 32.1 Å². The minimum Gasteiger partial charge on any atom is -0.497 e. The Morgan fingerprint density at radius 2 is 2.00 bits per heavy atom. The highest BCUT2D eigenvalue weighted by molar-refractivity contribution is 5.97. The molecule has 0 heterocycles. The van der Waals surface area contributed by atoms with Crippen LogP contribution < -0.4 is 9.47 Å². The van der Waals surface area contributed by atoms with Gasteiger partial charge in [0.2, 0.25) is 0 Å². The van der Waals surface area contributed by atoms with Crippen LogP contribution in [0, 0.1) is 0 Å². The van der Waals surface area contributed by atoms with Gasteiger partial charge in [-0.1, -0.05) is 0 Å². The number of carbonyl (C=O) groups excluding carboxylic acids is 2. The summed E-state index contributed by atoms with van der Waals surface area (Å²) in [7, 11) is 1.51. The Kier molecular flexibility index (Phi) is 5.17. The number of rotatable bonds is 6. The summed E-state index contributed by atoms with van der Waals surface area (Å²) in [5.41, 5.74) is 0.374. The largest absolute Gasteiger partial charge is 0.497 e. The standard InChI is InChI=1S/C13H16O5/c1-4-17-13(15)8-18-12-6-5-10(16-3)7-11(12)9(2)14/h5-7H,4,8H2,1-3H3. The molecular weight excluding hydrogens is 236 g/mol. The number of hydrogen-bond acceptors (Lipinski definition) is 5. The van der Waals surface area contributed by atoms with Gasteiger partial charge in [-0.05, 0) is 32.0 Å². The maximum Gasteiger partial charge on any atom is 0.344 e. The van der Waals surface area contributed by atoms with E-state index in [1.54, 1.807) is 25.1 Å². The zero-order valence-corrected chi connectivity index (χ0v) is 10.7. The summed E-state index contributed by atoms with van der Waals surface area (Å²) in [5, 5.41) is 0. The fourth-order valence-corrected chi connectivity index (χ4v) is 1.38. The number of methoxy groups -OCH3 is 1. The zero-order valence-electron chi connectivity index (χ0n) is 10.7. The Bertz CT molecular complexity index is 439. The van der Waals surface area contributed by atoms with Crippen molar-refractivity contribution < 1.29 is 23.8 Å². The average Bonchev–Trinajstić information content (AvgIpc) is 2.36. The van der Waals surface area contributed by atoms with Crippen molar-refractivity contribution in [1.29, 1.82) is 0 Å².